The van der Waals surface area contributed by atoms with E-state index in [2.05, 4.69) is 15.1 Å². The number of ketones is 1. The second-order valence-corrected chi connectivity index (χ2v) is 4.31. The number of hydrogen-bond acceptors (Lipinski definition) is 4. The standard InChI is InChI=1S/C14H12N4O/c1-18-8-5-10(17-18)9-13(19)11-3-2-4-12-14(11)16-7-6-15-12/h2-8H,9H2,1H3. The van der Waals surface area contributed by atoms with E-state index in [1.807, 2.05) is 31.4 Å². The van der Waals surface area contributed by atoms with Crippen LogP contribution < -0.4 is 0 Å². The maximum Gasteiger partial charge on any atom is 0.171 e. The second-order valence-electron chi connectivity index (χ2n) is 4.31. The molecule has 2 aromatic heterocycles. The Kier molecular flexibility index (Phi) is 2.79. The minimum atomic E-state index is 0.00444. The van der Waals surface area contributed by atoms with E-state index in [4.69, 9.17) is 0 Å². The third kappa shape index (κ3) is 2.22. The smallest absolute Gasteiger partial charge is 0.171 e. The summed E-state index contributed by atoms with van der Waals surface area (Å²) in [5, 5.41) is 4.22. The van der Waals surface area contributed by atoms with Gasteiger partial charge >= 0.3 is 0 Å². The van der Waals surface area contributed by atoms with Gasteiger partial charge in [-0.3, -0.25) is 19.4 Å². The number of carbonyl (C=O) groups is 1. The van der Waals surface area contributed by atoms with Crippen LogP contribution in [0.4, 0.5) is 0 Å². The quantitative estimate of drug-likeness (QED) is 0.667. The Bertz CT molecular complexity index is 743. The minimum Gasteiger partial charge on any atom is -0.294 e. The van der Waals surface area contributed by atoms with Crippen molar-refractivity contribution in [2.24, 2.45) is 7.05 Å². The molecule has 19 heavy (non-hydrogen) atoms. The molecule has 0 unspecified atom stereocenters. The Morgan fingerprint density at radius 2 is 2.05 bits per heavy atom. The maximum absolute atomic E-state index is 12.3. The molecule has 0 aliphatic heterocycles. The van der Waals surface area contributed by atoms with Crippen LogP contribution in [0.5, 0.6) is 0 Å². The molecule has 0 atom stereocenters. The van der Waals surface area contributed by atoms with Gasteiger partial charge in [0.15, 0.2) is 5.78 Å². The number of hydrogen-bond donors (Lipinski definition) is 0. The molecule has 5 nitrogen and oxygen atoms in total. The van der Waals surface area contributed by atoms with Gasteiger partial charge in [0, 0.05) is 31.2 Å². The molecule has 0 aliphatic carbocycles. The summed E-state index contributed by atoms with van der Waals surface area (Å²) in [7, 11) is 1.83. The third-order valence-corrected chi connectivity index (χ3v) is 2.91. The molecule has 94 valence electrons. The lowest BCUT2D eigenvalue weighted by atomic mass is 10.0. The molecule has 0 amide bonds. The fourth-order valence-corrected chi connectivity index (χ4v) is 2.03. The summed E-state index contributed by atoms with van der Waals surface area (Å²) in [6.07, 6.45) is 5.32. The first-order valence-electron chi connectivity index (χ1n) is 5.95. The average molecular weight is 252 g/mol. The van der Waals surface area contributed by atoms with Gasteiger partial charge in [0.2, 0.25) is 0 Å². The SMILES string of the molecule is Cn1ccc(CC(=O)c2cccc3nccnc23)n1. The van der Waals surface area contributed by atoms with E-state index in [1.54, 1.807) is 23.1 Å². The van der Waals surface area contributed by atoms with Gasteiger partial charge in [-0.1, -0.05) is 6.07 Å². The zero-order chi connectivity index (χ0) is 13.2. The highest BCUT2D eigenvalue weighted by Crippen LogP contribution is 2.15. The van der Waals surface area contributed by atoms with E-state index < -0.39 is 0 Å². The monoisotopic (exact) mass is 252 g/mol. The Labute approximate surface area is 109 Å². The Hall–Kier alpha value is -2.56. The summed E-state index contributed by atoms with van der Waals surface area (Å²) >= 11 is 0. The molecule has 3 aromatic rings. The van der Waals surface area contributed by atoms with Crippen LogP contribution >= 0.6 is 0 Å². The number of benzene rings is 1. The topological polar surface area (TPSA) is 60.7 Å². The van der Waals surface area contributed by atoms with E-state index in [-0.39, 0.29) is 12.2 Å². The first-order valence-corrected chi connectivity index (χ1v) is 5.95. The molecule has 0 aliphatic rings. The summed E-state index contributed by atoms with van der Waals surface area (Å²) in [5.74, 6) is 0.00444. The number of para-hydroxylation sites is 1. The summed E-state index contributed by atoms with van der Waals surface area (Å²) < 4.78 is 1.69. The zero-order valence-electron chi connectivity index (χ0n) is 10.4. The summed E-state index contributed by atoms with van der Waals surface area (Å²) in [4.78, 5) is 20.8. The molecular formula is C14H12N4O. The Morgan fingerprint density at radius 3 is 2.84 bits per heavy atom. The van der Waals surface area contributed by atoms with Crippen molar-refractivity contribution < 1.29 is 4.79 Å². The largest absolute Gasteiger partial charge is 0.294 e. The summed E-state index contributed by atoms with van der Waals surface area (Å²) in [6, 6.07) is 7.29. The zero-order valence-corrected chi connectivity index (χ0v) is 10.4. The minimum absolute atomic E-state index is 0.00444. The molecule has 0 fully saturated rings. The van der Waals surface area contributed by atoms with Crippen molar-refractivity contribution in [2.75, 3.05) is 0 Å². The Morgan fingerprint density at radius 1 is 1.21 bits per heavy atom. The molecular weight excluding hydrogens is 240 g/mol. The van der Waals surface area contributed by atoms with Gasteiger partial charge in [0.1, 0.15) is 0 Å². The van der Waals surface area contributed by atoms with Crippen LogP contribution in [-0.4, -0.2) is 25.5 Å². The van der Waals surface area contributed by atoms with Crippen LogP contribution in [0.3, 0.4) is 0 Å². The van der Waals surface area contributed by atoms with Gasteiger partial charge in [-0.15, -0.1) is 0 Å². The van der Waals surface area contributed by atoms with Gasteiger partial charge in [-0.05, 0) is 18.2 Å². The lowest BCUT2D eigenvalue weighted by Gasteiger charge is -2.03. The van der Waals surface area contributed by atoms with Gasteiger partial charge < -0.3 is 0 Å². The first-order chi connectivity index (χ1) is 9.24. The number of nitrogens with zero attached hydrogens (tertiary/aromatic N) is 4. The second kappa shape index (κ2) is 4.61. The molecule has 5 heteroatoms. The first kappa shape index (κ1) is 11.5. The van der Waals surface area contributed by atoms with Crippen LogP contribution in [0.2, 0.25) is 0 Å². The van der Waals surface area contributed by atoms with Gasteiger partial charge in [-0.25, -0.2) is 0 Å². The molecule has 0 spiro atoms. The lowest BCUT2D eigenvalue weighted by Crippen LogP contribution is -2.06. The fraction of sp³-hybridized carbons (Fsp3) is 0.143. The van der Waals surface area contributed by atoms with Crippen LogP contribution in [0.25, 0.3) is 11.0 Å². The number of rotatable bonds is 3. The number of fused-ring (bicyclic) bond motifs is 1. The van der Waals surface area contributed by atoms with Gasteiger partial charge in [0.25, 0.3) is 0 Å². The van der Waals surface area contributed by atoms with Crippen molar-refractivity contribution in [3.05, 3.63) is 54.1 Å². The van der Waals surface area contributed by atoms with E-state index in [0.29, 0.717) is 11.1 Å². The van der Waals surface area contributed by atoms with Crippen LogP contribution in [0.15, 0.2) is 42.9 Å². The molecule has 2 heterocycles. The summed E-state index contributed by atoms with van der Waals surface area (Å²) in [5.41, 5.74) is 2.73. The van der Waals surface area contributed by atoms with Gasteiger partial charge in [0.05, 0.1) is 23.1 Å². The van der Waals surface area contributed by atoms with Crippen molar-refractivity contribution in [3.8, 4) is 0 Å². The molecule has 0 radical (unpaired) electrons. The number of Topliss-reactive ketones (excluding diaryl/α,β-unsaturated/α-hetero) is 1. The molecule has 0 saturated carbocycles. The molecule has 0 bridgehead atoms. The molecule has 3 rings (SSSR count). The van der Waals surface area contributed by atoms with Crippen molar-refractivity contribution in [3.63, 3.8) is 0 Å². The molecule has 1 aromatic carbocycles. The van der Waals surface area contributed by atoms with E-state index in [0.717, 1.165) is 11.2 Å². The normalized spacial score (nSPS) is 10.8. The van der Waals surface area contributed by atoms with Crippen molar-refractivity contribution >= 4 is 16.8 Å². The van der Waals surface area contributed by atoms with Crippen LogP contribution in [0.1, 0.15) is 16.1 Å². The molecule has 0 saturated heterocycles. The third-order valence-electron chi connectivity index (χ3n) is 2.91. The number of aromatic nitrogens is 4. The van der Waals surface area contributed by atoms with Gasteiger partial charge in [-0.2, -0.15) is 5.10 Å². The highest BCUT2D eigenvalue weighted by Gasteiger charge is 2.13. The van der Waals surface area contributed by atoms with Crippen LogP contribution in [0, 0.1) is 0 Å². The fourth-order valence-electron chi connectivity index (χ4n) is 2.03. The van der Waals surface area contributed by atoms with E-state index in [1.165, 1.54) is 0 Å². The van der Waals surface area contributed by atoms with Crippen molar-refractivity contribution in [1.29, 1.82) is 0 Å². The lowest BCUT2D eigenvalue weighted by molar-refractivity contribution is 0.0993. The number of carbonyl (C=O) groups excluding carboxylic acids is 1. The number of aryl methyl sites for hydroxylation is 1. The summed E-state index contributed by atoms with van der Waals surface area (Å²) in [6.45, 7) is 0. The molecule has 0 N–H and O–H groups in total. The van der Waals surface area contributed by atoms with Crippen molar-refractivity contribution in [2.45, 2.75) is 6.42 Å². The van der Waals surface area contributed by atoms with E-state index in [9.17, 15) is 4.79 Å². The van der Waals surface area contributed by atoms with Crippen molar-refractivity contribution in [1.82, 2.24) is 19.7 Å². The average Bonchev–Trinajstić information content (AvgIpc) is 2.83. The Balaban J connectivity index is 1.97. The predicted octanol–water partition coefficient (Wildman–Crippen LogP) is 1.79. The maximum atomic E-state index is 12.3. The van der Waals surface area contributed by atoms with Crippen LogP contribution in [-0.2, 0) is 13.5 Å². The highest BCUT2D eigenvalue weighted by molar-refractivity contribution is 6.06. The highest BCUT2D eigenvalue weighted by atomic mass is 16.1. The predicted molar refractivity (Wildman–Crippen MR) is 70.8 cm³/mol. The van der Waals surface area contributed by atoms with E-state index >= 15 is 0 Å².